The molecule has 3 N–H and O–H groups in total. The molecule has 42 heavy (non-hydrogen) atoms. The summed E-state index contributed by atoms with van der Waals surface area (Å²) in [5.74, 6) is -0.806. The minimum atomic E-state index is -0.987. The quantitative estimate of drug-likeness (QED) is 0.234. The summed E-state index contributed by atoms with van der Waals surface area (Å²) in [5.41, 5.74) is 5.84. The Hall–Kier alpha value is -4.74. The van der Waals surface area contributed by atoms with Crippen LogP contribution in [0.4, 0.5) is 11.4 Å². The van der Waals surface area contributed by atoms with E-state index in [0.717, 1.165) is 34.0 Å². The molecule has 5 rings (SSSR count). The number of aryl methyl sites for hydroxylation is 1. The second kappa shape index (κ2) is 12.0. The van der Waals surface area contributed by atoms with Crippen molar-refractivity contribution >= 4 is 40.6 Å². The Bertz CT molecular complexity index is 1650. The molecule has 1 aliphatic rings. The molecule has 0 bridgehead atoms. The van der Waals surface area contributed by atoms with Crippen LogP contribution in [0.5, 0.6) is 5.75 Å². The van der Waals surface area contributed by atoms with Gasteiger partial charge in [-0.25, -0.2) is 4.79 Å². The summed E-state index contributed by atoms with van der Waals surface area (Å²) in [6.45, 7) is 3.90. The van der Waals surface area contributed by atoms with Crippen molar-refractivity contribution in [3.8, 4) is 11.4 Å². The molecular weight excluding hydrogens is 554 g/mol. The summed E-state index contributed by atoms with van der Waals surface area (Å²) in [7, 11) is 3.00. The average Bonchev–Trinajstić information content (AvgIpc) is 3.48. The third-order valence-electron chi connectivity index (χ3n) is 7.25. The Morgan fingerprint density at radius 2 is 1.86 bits per heavy atom. The zero-order chi connectivity index (χ0) is 30.0. The number of methoxy groups -OCH3 is 2. The number of rotatable bonds is 9. The third-order valence-corrected chi connectivity index (χ3v) is 7.56. The maximum Gasteiger partial charge on any atom is 0.335 e. The van der Waals surface area contributed by atoms with Crippen LogP contribution in [0.3, 0.4) is 0 Å². The lowest BCUT2D eigenvalue weighted by atomic mass is 9.96. The van der Waals surface area contributed by atoms with Crippen molar-refractivity contribution in [1.82, 2.24) is 14.9 Å². The fraction of sp³-hybridized carbons (Fsp3) is 0.226. The molecule has 1 saturated heterocycles. The van der Waals surface area contributed by atoms with Gasteiger partial charge in [0.2, 0.25) is 5.91 Å². The standard InChI is InChI=1S/C31H31N5O5S/c1-18-14-23(19(2)35(18)21-9-7-8-20(15-21)30(38)39)29-28(24-10-5-6-13-32-24)34-31(42)36(29)22-11-12-26(41-4)25(16-22)33-27(37)17-40-3/h5-16,28-29H,17H2,1-4H3,(H,33,37)(H,34,42)(H,38,39)/t28-,29+/m0/s1. The molecule has 0 aliphatic carbocycles. The van der Waals surface area contributed by atoms with E-state index >= 15 is 0 Å². The number of pyridine rings is 1. The second-order valence-corrected chi connectivity index (χ2v) is 10.3. The normalized spacial score (nSPS) is 16.3. The van der Waals surface area contributed by atoms with Crippen LogP contribution < -0.4 is 20.3 Å². The molecule has 1 aliphatic heterocycles. The SMILES string of the molecule is COCC(=O)Nc1cc(N2C(=S)N[C@@H](c3ccccn3)[C@H]2c2cc(C)n(-c3cccc(C(=O)O)c3)c2C)ccc1OC. The van der Waals surface area contributed by atoms with Gasteiger partial charge in [0.25, 0.3) is 0 Å². The van der Waals surface area contributed by atoms with E-state index in [1.54, 1.807) is 30.5 Å². The third kappa shape index (κ3) is 5.44. The number of hydrogen-bond donors (Lipinski definition) is 3. The Morgan fingerprint density at radius 3 is 2.55 bits per heavy atom. The number of carboxylic acids is 1. The first-order valence-electron chi connectivity index (χ1n) is 13.2. The van der Waals surface area contributed by atoms with E-state index in [2.05, 4.69) is 21.7 Å². The fourth-order valence-electron chi connectivity index (χ4n) is 5.47. The van der Waals surface area contributed by atoms with E-state index in [4.69, 9.17) is 21.7 Å². The van der Waals surface area contributed by atoms with Gasteiger partial charge in [0.05, 0.1) is 36.1 Å². The van der Waals surface area contributed by atoms with Crippen molar-refractivity contribution < 1.29 is 24.2 Å². The van der Waals surface area contributed by atoms with Gasteiger partial charge in [-0.05, 0) is 86.2 Å². The minimum absolute atomic E-state index is 0.101. The summed E-state index contributed by atoms with van der Waals surface area (Å²) < 4.78 is 12.5. The summed E-state index contributed by atoms with van der Waals surface area (Å²) in [4.78, 5) is 30.7. The summed E-state index contributed by atoms with van der Waals surface area (Å²) in [6, 6.07) is 19.6. The first kappa shape index (κ1) is 28.8. The minimum Gasteiger partial charge on any atom is -0.495 e. The van der Waals surface area contributed by atoms with E-state index < -0.39 is 5.97 Å². The number of hydrogen-bond acceptors (Lipinski definition) is 6. The zero-order valence-corrected chi connectivity index (χ0v) is 24.4. The van der Waals surface area contributed by atoms with E-state index in [1.165, 1.54) is 14.2 Å². The van der Waals surface area contributed by atoms with Crippen molar-refractivity contribution in [3.63, 3.8) is 0 Å². The molecule has 4 aromatic rings. The Labute approximate surface area is 248 Å². The number of nitrogens with zero attached hydrogens (tertiary/aromatic N) is 3. The molecule has 1 amide bonds. The molecule has 2 aromatic heterocycles. The van der Waals surface area contributed by atoms with Crippen LogP contribution in [-0.4, -0.2) is 52.5 Å². The first-order valence-corrected chi connectivity index (χ1v) is 13.6. The van der Waals surface area contributed by atoms with Crippen molar-refractivity contribution in [1.29, 1.82) is 0 Å². The maximum atomic E-state index is 12.4. The molecule has 11 heteroatoms. The highest BCUT2D eigenvalue weighted by molar-refractivity contribution is 7.80. The molecule has 0 saturated carbocycles. The van der Waals surface area contributed by atoms with Crippen molar-refractivity contribution in [2.45, 2.75) is 25.9 Å². The van der Waals surface area contributed by atoms with Crippen molar-refractivity contribution in [2.75, 3.05) is 31.0 Å². The fourth-order valence-corrected chi connectivity index (χ4v) is 5.82. The number of nitrogens with one attached hydrogen (secondary N) is 2. The number of benzene rings is 2. The van der Waals surface area contributed by atoms with Crippen molar-refractivity contribution in [2.24, 2.45) is 0 Å². The number of carbonyl (C=O) groups is 2. The van der Waals surface area contributed by atoms with Gasteiger partial charge in [0, 0.05) is 36.1 Å². The van der Waals surface area contributed by atoms with Gasteiger partial charge in [-0.1, -0.05) is 12.1 Å². The number of aromatic nitrogens is 2. The molecule has 0 unspecified atom stereocenters. The van der Waals surface area contributed by atoms with Crippen LogP contribution in [0.15, 0.2) is 72.9 Å². The summed E-state index contributed by atoms with van der Waals surface area (Å²) in [5, 5.41) is 16.4. The van der Waals surface area contributed by atoms with Gasteiger partial charge in [0.15, 0.2) is 5.11 Å². The number of aromatic carboxylic acids is 1. The summed E-state index contributed by atoms with van der Waals surface area (Å²) >= 11 is 5.91. The molecular formula is C31H31N5O5S. The van der Waals surface area contributed by atoms with E-state index in [0.29, 0.717) is 16.5 Å². The molecule has 0 spiro atoms. The van der Waals surface area contributed by atoms with Crippen molar-refractivity contribution in [3.05, 3.63) is 101 Å². The highest BCUT2D eigenvalue weighted by atomic mass is 32.1. The predicted molar refractivity (Wildman–Crippen MR) is 164 cm³/mol. The van der Waals surface area contributed by atoms with Crippen LogP contribution in [0, 0.1) is 13.8 Å². The number of carboxylic acid groups (broad SMARTS) is 1. The lowest BCUT2D eigenvalue weighted by Gasteiger charge is -2.29. The topological polar surface area (TPSA) is 118 Å². The number of amides is 1. The number of carbonyl (C=O) groups excluding carboxylic acids is 1. The van der Waals surface area contributed by atoms with Crippen LogP contribution in [-0.2, 0) is 9.53 Å². The van der Waals surface area contributed by atoms with Gasteiger partial charge >= 0.3 is 5.97 Å². The number of thiocarbonyl (C=S) groups is 1. The average molecular weight is 586 g/mol. The van der Waals surface area contributed by atoms with Gasteiger partial charge in [0.1, 0.15) is 12.4 Å². The summed E-state index contributed by atoms with van der Waals surface area (Å²) in [6.07, 6.45) is 1.75. The first-order chi connectivity index (χ1) is 20.2. The molecule has 3 heterocycles. The maximum absolute atomic E-state index is 12.4. The van der Waals surface area contributed by atoms with Crippen LogP contribution in [0.2, 0.25) is 0 Å². The van der Waals surface area contributed by atoms with E-state index in [-0.39, 0.29) is 30.2 Å². The molecule has 2 atom stereocenters. The van der Waals surface area contributed by atoms with Gasteiger partial charge < -0.3 is 34.7 Å². The van der Waals surface area contributed by atoms with Gasteiger partial charge in [-0.2, -0.15) is 0 Å². The monoisotopic (exact) mass is 585 g/mol. The number of anilines is 2. The second-order valence-electron chi connectivity index (χ2n) is 9.88. The largest absolute Gasteiger partial charge is 0.495 e. The van der Waals surface area contributed by atoms with Crippen LogP contribution >= 0.6 is 12.2 Å². The van der Waals surface area contributed by atoms with E-state index in [9.17, 15) is 14.7 Å². The van der Waals surface area contributed by atoms with Gasteiger partial charge in [-0.15, -0.1) is 0 Å². The number of ether oxygens (including phenoxy) is 2. The molecule has 0 radical (unpaired) electrons. The zero-order valence-electron chi connectivity index (χ0n) is 23.6. The molecule has 216 valence electrons. The highest BCUT2D eigenvalue weighted by Gasteiger charge is 2.42. The predicted octanol–water partition coefficient (Wildman–Crippen LogP) is 4.96. The molecule has 1 fully saturated rings. The van der Waals surface area contributed by atoms with Gasteiger partial charge in [-0.3, -0.25) is 9.78 Å². The lowest BCUT2D eigenvalue weighted by molar-refractivity contribution is -0.119. The Kier molecular flexibility index (Phi) is 8.23. The Balaban J connectivity index is 1.65. The smallest absolute Gasteiger partial charge is 0.335 e. The van der Waals surface area contributed by atoms with Crippen LogP contribution in [0.1, 0.15) is 45.1 Å². The molecule has 10 nitrogen and oxygen atoms in total. The highest BCUT2D eigenvalue weighted by Crippen LogP contribution is 2.45. The lowest BCUT2D eigenvalue weighted by Crippen LogP contribution is -2.29. The van der Waals surface area contributed by atoms with E-state index in [1.807, 2.05) is 59.7 Å². The Morgan fingerprint density at radius 1 is 1.05 bits per heavy atom. The van der Waals surface area contributed by atoms with Crippen LogP contribution in [0.25, 0.3) is 5.69 Å². The molecule has 2 aromatic carbocycles.